The molecule has 0 aliphatic carbocycles. The third-order valence-electron chi connectivity index (χ3n) is 8.91. The molecule has 1 aromatic heterocycles. The number of amides is 1. The van der Waals surface area contributed by atoms with E-state index in [2.05, 4.69) is 82.5 Å². The normalized spacial score (nSPS) is 24.3. The van der Waals surface area contributed by atoms with Crippen LogP contribution in [0.2, 0.25) is 0 Å². The second-order valence-electron chi connectivity index (χ2n) is 11.2. The Morgan fingerprint density at radius 2 is 1.73 bits per heavy atom. The van der Waals surface area contributed by atoms with Gasteiger partial charge in [-0.15, -0.1) is 0 Å². The number of imidazole rings is 1. The summed E-state index contributed by atoms with van der Waals surface area (Å²) in [7, 11) is 0. The summed E-state index contributed by atoms with van der Waals surface area (Å²) in [6.45, 7) is 4.95. The van der Waals surface area contributed by atoms with E-state index in [1.807, 2.05) is 6.92 Å². The van der Waals surface area contributed by atoms with E-state index >= 15 is 0 Å². The van der Waals surface area contributed by atoms with Crippen LogP contribution in [0.3, 0.4) is 0 Å². The average Bonchev–Trinajstić information content (AvgIpc) is 3.58. The Labute approximate surface area is 217 Å². The third-order valence-corrected chi connectivity index (χ3v) is 8.91. The van der Waals surface area contributed by atoms with Crippen LogP contribution in [0.5, 0.6) is 5.75 Å². The summed E-state index contributed by atoms with van der Waals surface area (Å²) in [5.74, 6) is 2.95. The van der Waals surface area contributed by atoms with Crippen LogP contribution in [0.4, 0.5) is 0 Å². The van der Waals surface area contributed by atoms with E-state index < -0.39 is 0 Å². The number of aromatic nitrogens is 2. The molecule has 4 heterocycles. The van der Waals surface area contributed by atoms with Crippen molar-refractivity contribution in [2.75, 3.05) is 6.61 Å². The Hall–Kier alpha value is -3.60. The molecule has 5 nitrogen and oxygen atoms in total. The van der Waals surface area contributed by atoms with Crippen LogP contribution < -0.4 is 4.74 Å². The van der Waals surface area contributed by atoms with Gasteiger partial charge < -0.3 is 14.6 Å². The summed E-state index contributed by atoms with van der Waals surface area (Å²) in [5.41, 5.74) is 8.37. The standard InChI is InChI=1S/C32H33N3O2/c1-19-15-24-16-22(23-7-9-27-28(17-23)34-20(2)33-27)8-12-31(24)37-14-13-21(19)18-32(36)35-29-10-11-30(35)26-6-4-3-5-25(26)29/h3-9,12,16-17,19,21,29-30H,10-11,13-15,18H2,1-2H3,(H,33,34). The monoisotopic (exact) mass is 491 g/mol. The van der Waals surface area contributed by atoms with Crippen LogP contribution in [0.15, 0.2) is 60.7 Å². The van der Waals surface area contributed by atoms with Crippen molar-refractivity contribution in [2.45, 2.75) is 58.0 Å². The molecule has 0 saturated carbocycles. The third kappa shape index (κ3) is 3.83. The van der Waals surface area contributed by atoms with Crippen molar-refractivity contribution in [3.8, 4) is 16.9 Å². The van der Waals surface area contributed by atoms with E-state index in [-0.39, 0.29) is 12.1 Å². The maximum Gasteiger partial charge on any atom is 0.223 e. The van der Waals surface area contributed by atoms with Crippen LogP contribution in [-0.4, -0.2) is 27.4 Å². The summed E-state index contributed by atoms with van der Waals surface area (Å²) < 4.78 is 6.24. The lowest BCUT2D eigenvalue weighted by molar-refractivity contribution is -0.135. The highest BCUT2D eigenvalue weighted by atomic mass is 16.5. The molecule has 37 heavy (non-hydrogen) atoms. The van der Waals surface area contributed by atoms with Crippen molar-refractivity contribution in [2.24, 2.45) is 11.8 Å². The first-order valence-corrected chi connectivity index (χ1v) is 13.7. The van der Waals surface area contributed by atoms with Gasteiger partial charge in [-0.1, -0.05) is 43.3 Å². The minimum atomic E-state index is 0.271. The molecule has 1 amide bonds. The number of carbonyl (C=O) groups is 1. The van der Waals surface area contributed by atoms with Crippen molar-refractivity contribution in [1.82, 2.24) is 14.9 Å². The van der Waals surface area contributed by atoms with Crippen molar-refractivity contribution in [1.29, 1.82) is 0 Å². The minimum Gasteiger partial charge on any atom is -0.493 e. The maximum absolute atomic E-state index is 13.7. The Balaban J connectivity index is 1.10. The molecule has 0 radical (unpaired) electrons. The molecule has 0 spiro atoms. The molecule has 1 N–H and O–H groups in total. The number of nitrogens with one attached hydrogen (secondary N) is 1. The van der Waals surface area contributed by atoms with Gasteiger partial charge in [0.15, 0.2) is 0 Å². The number of H-pyrrole nitrogens is 1. The number of benzene rings is 3. The maximum atomic E-state index is 13.7. The molecule has 4 unspecified atom stereocenters. The molecule has 3 aliphatic rings. The van der Waals surface area contributed by atoms with E-state index in [0.717, 1.165) is 48.3 Å². The van der Waals surface area contributed by atoms with E-state index in [0.29, 0.717) is 30.8 Å². The molecule has 7 rings (SSSR count). The quantitative estimate of drug-likeness (QED) is 0.338. The smallest absolute Gasteiger partial charge is 0.223 e. The predicted octanol–water partition coefficient (Wildman–Crippen LogP) is 6.92. The van der Waals surface area contributed by atoms with Crippen molar-refractivity contribution in [3.05, 3.63) is 83.2 Å². The molecule has 3 aromatic carbocycles. The molecule has 2 bridgehead atoms. The van der Waals surface area contributed by atoms with E-state index in [9.17, 15) is 4.79 Å². The number of ether oxygens (including phenoxy) is 1. The van der Waals surface area contributed by atoms with Gasteiger partial charge >= 0.3 is 0 Å². The lowest BCUT2D eigenvalue weighted by Gasteiger charge is -2.30. The first kappa shape index (κ1) is 22.6. The fourth-order valence-corrected chi connectivity index (χ4v) is 7.01. The van der Waals surface area contributed by atoms with Crippen LogP contribution in [0, 0.1) is 18.8 Å². The lowest BCUT2D eigenvalue weighted by Crippen LogP contribution is -2.32. The number of hydrogen-bond acceptors (Lipinski definition) is 3. The fraction of sp³-hybridized carbons (Fsp3) is 0.375. The Bertz CT molecular complexity index is 1470. The number of nitrogens with zero attached hydrogens (tertiary/aromatic N) is 2. The average molecular weight is 492 g/mol. The SMILES string of the molecule is Cc1nc2ccc(-c3ccc4c(c3)CC(C)C(CC(=O)N3C5CCC3c3ccccc35)CCO4)cc2[nH]1. The zero-order chi connectivity index (χ0) is 25.1. The largest absolute Gasteiger partial charge is 0.493 e. The van der Waals surface area contributed by atoms with E-state index in [1.165, 1.54) is 27.8 Å². The zero-order valence-corrected chi connectivity index (χ0v) is 21.5. The Morgan fingerprint density at radius 1 is 1.00 bits per heavy atom. The fourth-order valence-electron chi connectivity index (χ4n) is 7.01. The highest BCUT2D eigenvalue weighted by molar-refractivity contribution is 5.82. The van der Waals surface area contributed by atoms with E-state index in [1.54, 1.807) is 0 Å². The van der Waals surface area contributed by atoms with Crippen LogP contribution in [-0.2, 0) is 11.2 Å². The summed E-state index contributed by atoms with van der Waals surface area (Å²) in [6.07, 6.45) is 4.63. The van der Waals surface area contributed by atoms with Crippen LogP contribution in [0.1, 0.15) is 67.2 Å². The number of hydrogen-bond donors (Lipinski definition) is 1. The van der Waals surface area contributed by atoms with Crippen LogP contribution in [0.25, 0.3) is 22.2 Å². The second-order valence-corrected chi connectivity index (χ2v) is 11.2. The summed E-state index contributed by atoms with van der Waals surface area (Å²) in [5, 5.41) is 0. The van der Waals surface area contributed by atoms with Gasteiger partial charge in [-0.25, -0.2) is 4.98 Å². The Kier molecular flexibility index (Phi) is 5.35. The van der Waals surface area contributed by atoms with Gasteiger partial charge in [0.05, 0.1) is 29.7 Å². The van der Waals surface area contributed by atoms with Gasteiger partial charge in [-0.3, -0.25) is 4.79 Å². The number of aryl methyl sites for hydroxylation is 1. The molecule has 1 fully saturated rings. The van der Waals surface area contributed by atoms with Gasteiger partial charge in [0, 0.05) is 6.42 Å². The molecule has 1 saturated heterocycles. The molecule has 188 valence electrons. The van der Waals surface area contributed by atoms with Gasteiger partial charge in [0.1, 0.15) is 11.6 Å². The highest BCUT2D eigenvalue weighted by Gasteiger charge is 2.46. The van der Waals surface area contributed by atoms with Crippen LogP contribution >= 0.6 is 0 Å². The summed E-state index contributed by atoms with van der Waals surface area (Å²) >= 11 is 0. The second kappa shape index (κ2) is 8.76. The van der Waals surface area contributed by atoms with Gasteiger partial charge in [0.25, 0.3) is 0 Å². The first-order valence-electron chi connectivity index (χ1n) is 13.7. The minimum absolute atomic E-state index is 0.271. The molecule has 4 atom stereocenters. The summed E-state index contributed by atoms with van der Waals surface area (Å²) in [6, 6.07) is 22.1. The molecular formula is C32H33N3O2. The first-order chi connectivity index (χ1) is 18.0. The highest BCUT2D eigenvalue weighted by Crippen LogP contribution is 2.53. The number of aromatic amines is 1. The van der Waals surface area contributed by atoms with Gasteiger partial charge in [-0.2, -0.15) is 0 Å². The van der Waals surface area contributed by atoms with Crippen molar-refractivity contribution >= 4 is 16.9 Å². The lowest BCUT2D eigenvalue weighted by atomic mass is 9.82. The Morgan fingerprint density at radius 3 is 2.51 bits per heavy atom. The van der Waals surface area contributed by atoms with Gasteiger partial charge in [-0.05, 0) is 96.5 Å². The van der Waals surface area contributed by atoms with Crippen molar-refractivity contribution in [3.63, 3.8) is 0 Å². The summed E-state index contributed by atoms with van der Waals surface area (Å²) in [4.78, 5) is 23.7. The molecule has 3 aliphatic heterocycles. The number of carbonyl (C=O) groups excluding carboxylic acids is 1. The van der Waals surface area contributed by atoms with E-state index in [4.69, 9.17) is 4.74 Å². The number of rotatable bonds is 3. The molecule has 4 aromatic rings. The zero-order valence-electron chi connectivity index (χ0n) is 21.5. The van der Waals surface area contributed by atoms with Crippen molar-refractivity contribution < 1.29 is 9.53 Å². The molecular weight excluding hydrogens is 458 g/mol. The number of fused-ring (bicyclic) bond motifs is 7. The topological polar surface area (TPSA) is 58.2 Å². The van der Waals surface area contributed by atoms with Gasteiger partial charge in [0.2, 0.25) is 5.91 Å². The predicted molar refractivity (Wildman–Crippen MR) is 145 cm³/mol. The molecule has 5 heteroatoms.